The van der Waals surface area contributed by atoms with Gasteiger partial charge in [-0.1, -0.05) is 0 Å². The first kappa shape index (κ1) is 18.5. The topological polar surface area (TPSA) is 74.0 Å². The van der Waals surface area contributed by atoms with Gasteiger partial charge in [0.15, 0.2) is 5.96 Å². The van der Waals surface area contributed by atoms with Crippen LogP contribution in [0.15, 0.2) is 4.99 Å². The van der Waals surface area contributed by atoms with Gasteiger partial charge in [0, 0.05) is 33.2 Å². The number of amides is 1. The molecule has 0 spiro atoms. The number of nitrogens with zero attached hydrogens (tertiary/aromatic N) is 3. The summed E-state index contributed by atoms with van der Waals surface area (Å²) in [6.07, 6.45) is 5.45. The maximum Gasteiger partial charge on any atom is 0.239 e. The van der Waals surface area contributed by atoms with Crippen LogP contribution in [0.4, 0.5) is 0 Å². The first-order chi connectivity index (χ1) is 9.58. The zero-order valence-electron chi connectivity index (χ0n) is 13.0. The third-order valence-corrected chi connectivity index (χ3v) is 3.90. The van der Waals surface area contributed by atoms with E-state index in [9.17, 15) is 4.79 Å². The average molecular weight is 409 g/mol. The van der Waals surface area contributed by atoms with Crippen LogP contribution in [0, 0.1) is 0 Å². The molecule has 1 saturated heterocycles. The van der Waals surface area contributed by atoms with Crippen LogP contribution in [0.3, 0.4) is 0 Å². The molecule has 7 heteroatoms. The summed E-state index contributed by atoms with van der Waals surface area (Å²) in [5.41, 5.74) is 5.79. The smallest absolute Gasteiger partial charge is 0.239 e. The van der Waals surface area contributed by atoms with Gasteiger partial charge >= 0.3 is 0 Å². The maximum absolute atomic E-state index is 12.1. The lowest BCUT2D eigenvalue weighted by atomic mass is 10.2. The van der Waals surface area contributed by atoms with Gasteiger partial charge in [-0.2, -0.15) is 0 Å². The highest BCUT2D eigenvalue weighted by Crippen LogP contribution is 2.19. The highest BCUT2D eigenvalue weighted by atomic mass is 127. The van der Waals surface area contributed by atoms with Crippen molar-refractivity contribution < 1.29 is 4.79 Å². The summed E-state index contributed by atoms with van der Waals surface area (Å²) in [4.78, 5) is 20.4. The Kier molecular flexibility index (Phi) is 7.72. The molecule has 0 aromatic heterocycles. The summed E-state index contributed by atoms with van der Waals surface area (Å²) in [6, 6.07) is 0.621. The number of hydrogen-bond acceptors (Lipinski definition) is 3. The predicted octanol–water partition coefficient (Wildman–Crippen LogP) is 0.614. The maximum atomic E-state index is 12.1. The lowest BCUT2D eigenvalue weighted by molar-refractivity contribution is -0.133. The number of halogens is 1. The van der Waals surface area contributed by atoms with Gasteiger partial charge in [-0.15, -0.1) is 24.0 Å². The normalized spacial score (nSPS) is 22.8. The molecule has 122 valence electrons. The van der Waals surface area contributed by atoms with E-state index < -0.39 is 0 Å². The zero-order chi connectivity index (χ0) is 14.5. The van der Waals surface area contributed by atoms with Crippen molar-refractivity contribution in [2.75, 3.05) is 33.7 Å². The van der Waals surface area contributed by atoms with Gasteiger partial charge in [-0.3, -0.25) is 14.7 Å². The van der Waals surface area contributed by atoms with Gasteiger partial charge in [0.25, 0.3) is 0 Å². The lowest BCUT2D eigenvalue weighted by Gasteiger charge is -2.25. The van der Waals surface area contributed by atoms with Gasteiger partial charge in [0.05, 0.1) is 6.04 Å². The van der Waals surface area contributed by atoms with Crippen LogP contribution in [0.25, 0.3) is 0 Å². The van der Waals surface area contributed by atoms with Crippen molar-refractivity contribution in [1.29, 1.82) is 0 Å². The first-order valence-corrected chi connectivity index (χ1v) is 7.59. The van der Waals surface area contributed by atoms with Crippen LogP contribution in [0.1, 0.15) is 32.1 Å². The summed E-state index contributed by atoms with van der Waals surface area (Å²) >= 11 is 0. The van der Waals surface area contributed by atoms with E-state index in [0.717, 1.165) is 38.9 Å². The van der Waals surface area contributed by atoms with Crippen LogP contribution in [0.2, 0.25) is 0 Å². The molecule has 2 aliphatic rings. The van der Waals surface area contributed by atoms with Gasteiger partial charge in [0.1, 0.15) is 0 Å². The summed E-state index contributed by atoms with van der Waals surface area (Å²) in [5, 5.41) is 3.18. The third-order valence-electron chi connectivity index (χ3n) is 3.90. The van der Waals surface area contributed by atoms with E-state index in [-0.39, 0.29) is 35.9 Å². The number of nitrogens with two attached hydrogens (primary N) is 1. The van der Waals surface area contributed by atoms with E-state index in [1.165, 1.54) is 12.8 Å². The van der Waals surface area contributed by atoms with Crippen LogP contribution < -0.4 is 11.1 Å². The van der Waals surface area contributed by atoms with Gasteiger partial charge in [-0.25, -0.2) is 0 Å². The molecule has 0 bridgehead atoms. The molecule has 2 rings (SSSR count). The van der Waals surface area contributed by atoms with Crippen molar-refractivity contribution in [3.05, 3.63) is 0 Å². The van der Waals surface area contributed by atoms with Crippen LogP contribution in [-0.4, -0.2) is 67.5 Å². The molecule has 1 aliphatic carbocycles. The number of guanidine groups is 1. The quantitative estimate of drug-likeness (QED) is 0.292. The molecule has 3 N–H and O–H groups in total. The van der Waals surface area contributed by atoms with Crippen LogP contribution >= 0.6 is 24.0 Å². The molecule has 21 heavy (non-hydrogen) atoms. The molecular weight excluding hydrogens is 381 g/mol. The fraction of sp³-hybridized carbons (Fsp3) is 0.857. The molecule has 1 saturated carbocycles. The van der Waals surface area contributed by atoms with Gasteiger partial charge in [0.2, 0.25) is 5.91 Å². The highest BCUT2D eigenvalue weighted by Gasteiger charge is 2.30. The Labute approximate surface area is 144 Å². The van der Waals surface area contributed by atoms with Crippen molar-refractivity contribution in [3.8, 4) is 0 Å². The Hall–Kier alpha value is -0.570. The Morgan fingerprint density at radius 1 is 1.38 bits per heavy atom. The zero-order valence-corrected chi connectivity index (χ0v) is 15.4. The molecule has 1 amide bonds. The Morgan fingerprint density at radius 2 is 2.10 bits per heavy atom. The molecule has 1 heterocycles. The molecule has 0 aromatic rings. The molecule has 1 atom stereocenters. The van der Waals surface area contributed by atoms with Crippen molar-refractivity contribution >= 4 is 35.8 Å². The number of hydrogen-bond donors (Lipinski definition) is 2. The summed E-state index contributed by atoms with van der Waals surface area (Å²) < 4.78 is 0. The van der Waals surface area contributed by atoms with Crippen LogP contribution in [0.5, 0.6) is 0 Å². The van der Waals surface area contributed by atoms with Crippen molar-refractivity contribution in [1.82, 2.24) is 15.1 Å². The van der Waals surface area contributed by atoms with E-state index >= 15 is 0 Å². The summed E-state index contributed by atoms with van der Waals surface area (Å²) in [6.45, 7) is 2.67. The SMILES string of the molecule is CN(C)C(=O)C1CCCN1CCCN=C(N)NC1CC1.I. The van der Waals surface area contributed by atoms with Crippen molar-refractivity contribution in [2.24, 2.45) is 10.7 Å². The molecule has 6 nitrogen and oxygen atoms in total. The number of likely N-dealkylation sites (N-methyl/N-ethyl adjacent to an activating group) is 1. The highest BCUT2D eigenvalue weighted by molar-refractivity contribution is 14.0. The number of carbonyl (C=O) groups is 1. The fourth-order valence-electron chi connectivity index (χ4n) is 2.63. The summed E-state index contributed by atoms with van der Waals surface area (Å²) in [5.74, 6) is 0.788. The third kappa shape index (κ3) is 5.98. The summed E-state index contributed by atoms with van der Waals surface area (Å²) in [7, 11) is 3.65. The lowest BCUT2D eigenvalue weighted by Crippen LogP contribution is -2.43. The van der Waals surface area contributed by atoms with E-state index in [1.807, 2.05) is 14.1 Å². The van der Waals surface area contributed by atoms with E-state index in [4.69, 9.17) is 5.73 Å². The number of likely N-dealkylation sites (tertiary alicyclic amines) is 1. The second kappa shape index (κ2) is 8.77. The largest absolute Gasteiger partial charge is 0.370 e. The van der Waals surface area contributed by atoms with Gasteiger partial charge in [-0.05, 0) is 38.6 Å². The van der Waals surface area contributed by atoms with E-state index in [1.54, 1.807) is 4.90 Å². The van der Waals surface area contributed by atoms with Crippen LogP contribution in [-0.2, 0) is 4.79 Å². The second-order valence-electron chi connectivity index (χ2n) is 5.97. The molecule has 0 radical (unpaired) electrons. The minimum Gasteiger partial charge on any atom is -0.370 e. The predicted molar refractivity (Wildman–Crippen MR) is 96.0 cm³/mol. The van der Waals surface area contributed by atoms with E-state index in [2.05, 4.69) is 15.2 Å². The van der Waals surface area contributed by atoms with Gasteiger partial charge < -0.3 is 16.0 Å². The number of rotatable bonds is 6. The molecule has 0 aromatic carbocycles. The second-order valence-corrected chi connectivity index (χ2v) is 5.97. The fourth-order valence-corrected chi connectivity index (χ4v) is 2.63. The molecule has 1 aliphatic heterocycles. The van der Waals surface area contributed by atoms with Crippen molar-refractivity contribution in [2.45, 2.75) is 44.2 Å². The Balaban J connectivity index is 0.00000220. The standard InChI is InChI=1S/C14H27N5O.HI/c1-18(2)13(20)12-5-3-9-19(12)10-4-8-16-14(15)17-11-6-7-11;/h11-12H,3-10H2,1-2H3,(H3,15,16,17);1H. The minimum atomic E-state index is 0. The van der Waals surface area contributed by atoms with Crippen molar-refractivity contribution in [3.63, 3.8) is 0 Å². The molecule has 1 unspecified atom stereocenters. The Bertz CT molecular complexity index is 370. The number of aliphatic imine (C=N–C) groups is 1. The van der Waals surface area contributed by atoms with E-state index in [0.29, 0.717) is 12.0 Å². The Morgan fingerprint density at radius 3 is 2.71 bits per heavy atom. The minimum absolute atomic E-state index is 0. The average Bonchev–Trinajstić information content (AvgIpc) is 3.09. The number of carbonyl (C=O) groups excluding carboxylic acids is 1. The number of nitrogens with one attached hydrogen (secondary N) is 1. The first-order valence-electron chi connectivity index (χ1n) is 7.59. The monoisotopic (exact) mass is 409 g/mol. The molecular formula is C14H28IN5O. The molecule has 2 fully saturated rings.